The van der Waals surface area contributed by atoms with Crippen LogP contribution in [-0.2, 0) is 22.7 Å². The maximum absolute atomic E-state index is 14.2. The van der Waals surface area contributed by atoms with E-state index in [0.717, 1.165) is 0 Å². The third-order valence-electron chi connectivity index (χ3n) is 3.00. The van der Waals surface area contributed by atoms with Gasteiger partial charge in [-0.05, 0) is 90.0 Å². The molecule has 0 aliphatic heterocycles. The third-order valence-corrected chi connectivity index (χ3v) is 9.93. The molecule has 0 radical (unpaired) electrons. The molecule has 164 valence electrons. The van der Waals surface area contributed by atoms with Gasteiger partial charge in [-0.3, -0.25) is 9.13 Å². The summed E-state index contributed by atoms with van der Waals surface area (Å²) in [5.74, 6) is -0.290. The van der Waals surface area contributed by atoms with Crippen molar-refractivity contribution in [3.05, 3.63) is 0 Å². The molecule has 0 aromatic carbocycles. The molecule has 0 saturated carbocycles. The smallest absolute Gasteiger partial charge is 0.311 e. The standard InChI is InChI=1S/C19H43NO5P2/c1-15(2)20(16(3)4)26(21,23-17(5,6)7)14-27(22,24-18(8,9)10)25-19(11,12)13/h15-16H,14H2,1-13H3. The normalized spacial score (nSPS) is 17.0. The second kappa shape index (κ2) is 8.98. The van der Waals surface area contributed by atoms with Crippen LogP contribution in [0.25, 0.3) is 0 Å². The number of hydrogen-bond donors (Lipinski definition) is 0. The van der Waals surface area contributed by atoms with Gasteiger partial charge in [-0.1, -0.05) is 0 Å². The van der Waals surface area contributed by atoms with E-state index < -0.39 is 31.9 Å². The van der Waals surface area contributed by atoms with Crippen molar-refractivity contribution in [1.82, 2.24) is 4.67 Å². The van der Waals surface area contributed by atoms with Crippen LogP contribution in [0.4, 0.5) is 0 Å². The zero-order valence-corrected chi connectivity index (χ0v) is 21.5. The zero-order chi connectivity index (χ0) is 22.1. The van der Waals surface area contributed by atoms with Crippen molar-refractivity contribution in [3.8, 4) is 0 Å². The van der Waals surface area contributed by atoms with Crippen molar-refractivity contribution in [1.29, 1.82) is 0 Å². The minimum Gasteiger partial charge on any atom is -0.311 e. The quantitative estimate of drug-likeness (QED) is 0.393. The molecular weight excluding hydrogens is 384 g/mol. The van der Waals surface area contributed by atoms with Gasteiger partial charge in [0.25, 0.3) is 7.52 Å². The fourth-order valence-electron chi connectivity index (χ4n) is 3.01. The number of rotatable bonds is 8. The van der Waals surface area contributed by atoms with Gasteiger partial charge in [0.1, 0.15) is 5.90 Å². The van der Waals surface area contributed by atoms with E-state index in [1.807, 2.05) is 94.7 Å². The molecule has 8 heteroatoms. The van der Waals surface area contributed by atoms with Crippen LogP contribution in [0.5, 0.6) is 0 Å². The van der Waals surface area contributed by atoms with Gasteiger partial charge >= 0.3 is 7.60 Å². The molecule has 0 bridgehead atoms. The summed E-state index contributed by atoms with van der Waals surface area (Å²) in [5.41, 5.74) is -2.10. The van der Waals surface area contributed by atoms with Crippen molar-refractivity contribution in [2.45, 2.75) is 119 Å². The Balaban J connectivity index is 6.29. The van der Waals surface area contributed by atoms with Crippen LogP contribution in [0, 0.1) is 0 Å². The molecule has 0 aliphatic carbocycles. The summed E-state index contributed by atoms with van der Waals surface area (Å²) in [7, 11) is -7.27. The summed E-state index contributed by atoms with van der Waals surface area (Å²) >= 11 is 0. The predicted octanol–water partition coefficient (Wildman–Crippen LogP) is 6.89. The van der Waals surface area contributed by atoms with Gasteiger partial charge in [-0.25, -0.2) is 4.67 Å². The van der Waals surface area contributed by atoms with Crippen LogP contribution in [0.3, 0.4) is 0 Å². The topological polar surface area (TPSA) is 65.1 Å². The van der Waals surface area contributed by atoms with Gasteiger partial charge in [-0.2, -0.15) is 0 Å². The van der Waals surface area contributed by atoms with Gasteiger partial charge in [0.2, 0.25) is 0 Å². The van der Waals surface area contributed by atoms with E-state index in [4.69, 9.17) is 13.6 Å². The molecular formula is C19H43NO5P2. The molecule has 6 nitrogen and oxygen atoms in total. The second-order valence-electron chi connectivity index (χ2n) is 10.6. The van der Waals surface area contributed by atoms with Crippen LogP contribution in [0.15, 0.2) is 0 Å². The molecule has 1 atom stereocenters. The van der Waals surface area contributed by atoms with Gasteiger partial charge < -0.3 is 13.6 Å². The van der Waals surface area contributed by atoms with Crippen molar-refractivity contribution in [2.75, 3.05) is 5.90 Å². The fraction of sp³-hybridized carbons (Fsp3) is 1.00. The molecule has 27 heavy (non-hydrogen) atoms. The maximum Gasteiger partial charge on any atom is 0.342 e. The molecule has 0 amide bonds. The fourth-order valence-corrected chi connectivity index (χ4v) is 10.1. The first kappa shape index (κ1) is 27.3. The molecule has 0 aromatic rings. The average Bonchev–Trinajstić information content (AvgIpc) is 2.14. The Kier molecular flexibility index (Phi) is 9.08. The van der Waals surface area contributed by atoms with Crippen LogP contribution in [-0.4, -0.2) is 39.5 Å². The molecule has 0 saturated heterocycles. The maximum atomic E-state index is 14.2. The number of hydrogen-bond acceptors (Lipinski definition) is 5. The monoisotopic (exact) mass is 427 g/mol. The van der Waals surface area contributed by atoms with E-state index in [0.29, 0.717) is 0 Å². The minimum absolute atomic E-state index is 0.0593. The second-order valence-corrected chi connectivity index (χ2v) is 15.2. The van der Waals surface area contributed by atoms with E-state index in [1.54, 1.807) is 0 Å². The highest BCUT2D eigenvalue weighted by molar-refractivity contribution is 7.72. The van der Waals surface area contributed by atoms with Gasteiger partial charge in [0.05, 0.1) is 16.8 Å². The van der Waals surface area contributed by atoms with E-state index in [9.17, 15) is 9.13 Å². The van der Waals surface area contributed by atoms with Gasteiger partial charge in [0, 0.05) is 12.1 Å². The molecule has 0 rings (SSSR count). The average molecular weight is 428 g/mol. The zero-order valence-electron chi connectivity index (χ0n) is 19.7. The summed E-state index contributed by atoms with van der Waals surface area (Å²) < 4.78 is 47.6. The summed E-state index contributed by atoms with van der Waals surface area (Å²) in [6.07, 6.45) is 0. The summed E-state index contributed by atoms with van der Waals surface area (Å²) in [4.78, 5) is 0. The van der Waals surface area contributed by atoms with Crippen molar-refractivity contribution < 1.29 is 22.7 Å². The molecule has 0 aliphatic rings. The van der Waals surface area contributed by atoms with Crippen LogP contribution in [0.1, 0.15) is 90.0 Å². The summed E-state index contributed by atoms with van der Waals surface area (Å²) in [6, 6.07) is -0.119. The summed E-state index contributed by atoms with van der Waals surface area (Å²) in [5, 5.41) is 0. The van der Waals surface area contributed by atoms with Crippen molar-refractivity contribution in [3.63, 3.8) is 0 Å². The Labute approximate surface area is 167 Å². The Morgan fingerprint density at radius 3 is 1.19 bits per heavy atom. The Bertz CT molecular complexity index is 540. The van der Waals surface area contributed by atoms with Gasteiger partial charge in [-0.15, -0.1) is 0 Å². The lowest BCUT2D eigenvalue weighted by molar-refractivity contribution is 0.0495. The Hall–Kier alpha value is 0.300. The van der Waals surface area contributed by atoms with E-state index in [1.165, 1.54) is 0 Å². The lowest BCUT2D eigenvalue weighted by Crippen LogP contribution is -2.38. The first-order chi connectivity index (χ1) is 11.6. The highest BCUT2D eigenvalue weighted by Gasteiger charge is 2.48. The summed E-state index contributed by atoms with van der Waals surface area (Å²) in [6.45, 7) is 24.2. The Morgan fingerprint density at radius 1 is 0.667 bits per heavy atom. The van der Waals surface area contributed by atoms with E-state index in [2.05, 4.69) is 0 Å². The Morgan fingerprint density at radius 2 is 0.963 bits per heavy atom. The number of nitrogens with zero attached hydrogens (tertiary/aromatic N) is 1. The van der Waals surface area contributed by atoms with E-state index >= 15 is 0 Å². The lowest BCUT2D eigenvalue weighted by atomic mass is 10.2. The minimum atomic E-state index is -3.73. The van der Waals surface area contributed by atoms with Crippen LogP contribution in [0.2, 0.25) is 0 Å². The predicted molar refractivity (Wildman–Crippen MR) is 115 cm³/mol. The highest BCUT2D eigenvalue weighted by atomic mass is 31.2. The van der Waals surface area contributed by atoms with E-state index in [-0.39, 0.29) is 18.0 Å². The van der Waals surface area contributed by atoms with Crippen LogP contribution < -0.4 is 0 Å². The van der Waals surface area contributed by atoms with Gasteiger partial charge in [0.15, 0.2) is 0 Å². The van der Waals surface area contributed by atoms with Crippen LogP contribution >= 0.6 is 15.1 Å². The molecule has 1 unspecified atom stereocenters. The molecule has 0 aromatic heterocycles. The van der Waals surface area contributed by atoms with Crippen molar-refractivity contribution in [2.24, 2.45) is 0 Å². The largest absolute Gasteiger partial charge is 0.342 e. The highest BCUT2D eigenvalue weighted by Crippen LogP contribution is 2.69. The molecule has 0 spiro atoms. The SMILES string of the molecule is CC(C)N(C(C)C)P(=O)(CP(=O)(OC(C)(C)C)OC(C)(C)C)OC(C)(C)C. The first-order valence-electron chi connectivity index (χ1n) is 9.68. The molecule has 0 fully saturated rings. The first-order valence-corrected chi connectivity index (χ1v) is 13.2. The molecule has 0 N–H and O–H groups in total. The third kappa shape index (κ3) is 10.6. The lowest BCUT2D eigenvalue weighted by Gasteiger charge is -2.42. The van der Waals surface area contributed by atoms with Crippen molar-refractivity contribution >= 4 is 15.1 Å². The molecule has 0 heterocycles.